The molecule has 6 nitrogen and oxygen atoms in total. The molecule has 0 unspecified atom stereocenters. The molecular weight excluding hydrogens is 420 g/mol. The van der Waals surface area contributed by atoms with Gasteiger partial charge in [-0.05, 0) is 48.2 Å². The number of carbonyl (C=O) groups excluding carboxylic acids is 1. The molecule has 1 aliphatic rings. The average molecular weight is 451 g/mol. The lowest BCUT2D eigenvalue weighted by Crippen LogP contribution is -2.48. The topological polar surface area (TPSA) is 58.6 Å². The molecule has 0 aliphatic carbocycles. The maximum absolute atomic E-state index is 12.9. The van der Waals surface area contributed by atoms with Crippen molar-refractivity contribution in [3.8, 4) is 5.75 Å². The zero-order chi connectivity index (χ0) is 22.3. The van der Waals surface area contributed by atoms with Crippen molar-refractivity contribution >= 4 is 22.6 Å². The van der Waals surface area contributed by atoms with Crippen LogP contribution in [0.5, 0.6) is 5.75 Å². The molecule has 168 valence electrons. The molecule has 1 aromatic heterocycles. The Morgan fingerprint density at radius 1 is 1.06 bits per heavy atom. The summed E-state index contributed by atoms with van der Waals surface area (Å²) < 4.78 is 9.84. The van der Waals surface area contributed by atoms with Crippen molar-refractivity contribution in [2.24, 2.45) is 0 Å². The third-order valence-corrected chi connectivity index (χ3v) is 6.63. The SMILES string of the molecule is CCCCc1ccc(C(=O)N2CCN(c3nc(Cc4cccc(OC)c4)ns3)CC2)cc1. The number of methoxy groups -OCH3 is 1. The van der Waals surface area contributed by atoms with Crippen LogP contribution in [0.1, 0.15) is 47.1 Å². The summed E-state index contributed by atoms with van der Waals surface area (Å²) in [5, 5.41) is 0.926. The molecule has 32 heavy (non-hydrogen) atoms. The van der Waals surface area contributed by atoms with Gasteiger partial charge in [0, 0.05) is 49.7 Å². The lowest BCUT2D eigenvalue weighted by Gasteiger charge is -2.34. The van der Waals surface area contributed by atoms with E-state index < -0.39 is 0 Å². The van der Waals surface area contributed by atoms with Crippen molar-refractivity contribution in [2.75, 3.05) is 38.2 Å². The number of rotatable bonds is 8. The lowest BCUT2D eigenvalue weighted by molar-refractivity contribution is 0.0746. The normalized spacial score (nSPS) is 13.9. The molecule has 0 atom stereocenters. The zero-order valence-corrected chi connectivity index (χ0v) is 19.6. The summed E-state index contributed by atoms with van der Waals surface area (Å²) >= 11 is 1.43. The van der Waals surface area contributed by atoms with Gasteiger partial charge in [0.15, 0.2) is 0 Å². The Labute approximate surface area is 194 Å². The second-order valence-corrected chi connectivity index (χ2v) is 8.83. The number of unbranched alkanes of at least 4 members (excludes halogenated alkanes) is 1. The standard InChI is InChI=1S/C25H30N4O2S/c1-3-4-6-19-9-11-21(12-10-19)24(30)28-13-15-29(16-14-28)25-26-23(27-32-25)18-20-7-5-8-22(17-20)31-2/h5,7-12,17H,3-4,6,13-16,18H2,1-2H3. The van der Waals surface area contributed by atoms with Crippen LogP contribution in [0.4, 0.5) is 5.13 Å². The van der Waals surface area contributed by atoms with Gasteiger partial charge in [-0.1, -0.05) is 37.6 Å². The first-order valence-corrected chi connectivity index (χ1v) is 12.0. The van der Waals surface area contributed by atoms with Gasteiger partial charge in [-0.25, -0.2) is 4.98 Å². The summed E-state index contributed by atoms with van der Waals surface area (Å²) in [6.07, 6.45) is 4.12. The van der Waals surface area contributed by atoms with Crippen LogP contribution in [0.2, 0.25) is 0 Å². The van der Waals surface area contributed by atoms with Crippen LogP contribution in [0.25, 0.3) is 0 Å². The molecule has 0 bridgehead atoms. The number of ether oxygens (including phenoxy) is 1. The number of carbonyl (C=O) groups is 1. The molecule has 1 aliphatic heterocycles. The van der Waals surface area contributed by atoms with E-state index in [1.807, 2.05) is 35.2 Å². The van der Waals surface area contributed by atoms with Gasteiger partial charge in [0.25, 0.3) is 5.91 Å². The molecule has 1 saturated heterocycles. The summed E-state index contributed by atoms with van der Waals surface area (Å²) in [4.78, 5) is 21.8. The van der Waals surface area contributed by atoms with Crippen molar-refractivity contribution in [2.45, 2.75) is 32.6 Å². The van der Waals surface area contributed by atoms with Crippen molar-refractivity contribution < 1.29 is 9.53 Å². The van der Waals surface area contributed by atoms with Crippen molar-refractivity contribution in [3.05, 3.63) is 71.0 Å². The molecule has 2 aromatic carbocycles. The van der Waals surface area contributed by atoms with Gasteiger partial charge in [-0.3, -0.25) is 4.79 Å². The van der Waals surface area contributed by atoms with E-state index in [0.29, 0.717) is 19.5 Å². The zero-order valence-electron chi connectivity index (χ0n) is 18.8. The van der Waals surface area contributed by atoms with Crippen LogP contribution in [0.3, 0.4) is 0 Å². The largest absolute Gasteiger partial charge is 0.497 e. The lowest BCUT2D eigenvalue weighted by atomic mass is 10.1. The fourth-order valence-corrected chi connectivity index (χ4v) is 4.62. The number of piperazine rings is 1. The minimum atomic E-state index is 0.114. The number of hydrogen-bond acceptors (Lipinski definition) is 6. The van der Waals surface area contributed by atoms with Crippen LogP contribution in [0.15, 0.2) is 48.5 Å². The van der Waals surface area contributed by atoms with Crippen LogP contribution < -0.4 is 9.64 Å². The van der Waals surface area contributed by atoms with Gasteiger partial charge >= 0.3 is 0 Å². The highest BCUT2D eigenvalue weighted by molar-refractivity contribution is 7.09. The highest BCUT2D eigenvalue weighted by atomic mass is 32.1. The fourth-order valence-electron chi connectivity index (χ4n) is 3.89. The van der Waals surface area contributed by atoms with Crippen LogP contribution in [0, 0.1) is 0 Å². The third-order valence-electron chi connectivity index (χ3n) is 5.81. The van der Waals surface area contributed by atoms with E-state index in [2.05, 4.69) is 34.4 Å². The Kier molecular flexibility index (Phi) is 7.37. The Balaban J connectivity index is 1.31. The number of amides is 1. The minimum absolute atomic E-state index is 0.114. The van der Waals surface area contributed by atoms with Gasteiger partial charge in [0.05, 0.1) is 7.11 Å². The second kappa shape index (κ2) is 10.6. The van der Waals surface area contributed by atoms with Crippen LogP contribution >= 0.6 is 11.5 Å². The molecule has 3 aromatic rings. The number of aryl methyl sites for hydroxylation is 1. The highest BCUT2D eigenvalue weighted by Gasteiger charge is 2.24. The predicted molar refractivity (Wildman–Crippen MR) is 129 cm³/mol. The number of nitrogens with zero attached hydrogens (tertiary/aromatic N) is 4. The first-order valence-electron chi connectivity index (χ1n) is 11.2. The summed E-state index contributed by atoms with van der Waals surface area (Å²) in [5.41, 5.74) is 3.20. The van der Waals surface area contributed by atoms with Crippen LogP contribution in [-0.4, -0.2) is 53.5 Å². The quantitative estimate of drug-likeness (QED) is 0.508. The summed E-state index contributed by atoms with van der Waals surface area (Å²) in [5.74, 6) is 1.77. The van der Waals surface area contributed by atoms with E-state index in [4.69, 9.17) is 9.72 Å². The fraction of sp³-hybridized carbons (Fsp3) is 0.400. The second-order valence-electron chi connectivity index (χ2n) is 8.10. The highest BCUT2D eigenvalue weighted by Crippen LogP contribution is 2.22. The van der Waals surface area contributed by atoms with E-state index in [-0.39, 0.29) is 5.91 Å². The number of anilines is 1. The third kappa shape index (κ3) is 5.46. The molecular formula is C25H30N4O2S. The Morgan fingerprint density at radius 2 is 1.84 bits per heavy atom. The number of aromatic nitrogens is 2. The molecule has 7 heteroatoms. The molecule has 1 amide bonds. The number of hydrogen-bond donors (Lipinski definition) is 0. The predicted octanol–water partition coefficient (Wildman–Crippen LogP) is 4.44. The van der Waals surface area contributed by atoms with E-state index in [1.54, 1.807) is 7.11 Å². The Morgan fingerprint density at radius 3 is 2.56 bits per heavy atom. The van der Waals surface area contributed by atoms with Gasteiger partial charge in [-0.15, -0.1) is 0 Å². The monoisotopic (exact) mass is 450 g/mol. The average Bonchev–Trinajstić information content (AvgIpc) is 3.31. The summed E-state index contributed by atoms with van der Waals surface area (Å²) in [7, 11) is 1.67. The van der Waals surface area contributed by atoms with Gasteiger partial charge < -0.3 is 14.5 Å². The van der Waals surface area contributed by atoms with E-state index in [9.17, 15) is 4.79 Å². The summed E-state index contributed by atoms with van der Waals surface area (Å²) in [6, 6.07) is 16.1. The Hall–Kier alpha value is -2.93. The number of benzene rings is 2. The van der Waals surface area contributed by atoms with E-state index in [1.165, 1.54) is 29.9 Å². The first kappa shape index (κ1) is 22.3. The van der Waals surface area contributed by atoms with Gasteiger partial charge in [-0.2, -0.15) is 4.37 Å². The Bertz CT molecular complexity index is 1030. The maximum atomic E-state index is 12.9. The van der Waals surface area contributed by atoms with Crippen molar-refractivity contribution in [1.29, 1.82) is 0 Å². The van der Waals surface area contributed by atoms with E-state index in [0.717, 1.165) is 47.3 Å². The molecule has 0 radical (unpaired) electrons. The molecule has 2 heterocycles. The molecule has 0 N–H and O–H groups in total. The maximum Gasteiger partial charge on any atom is 0.253 e. The minimum Gasteiger partial charge on any atom is -0.497 e. The smallest absolute Gasteiger partial charge is 0.253 e. The van der Waals surface area contributed by atoms with Crippen molar-refractivity contribution in [1.82, 2.24) is 14.3 Å². The molecule has 0 spiro atoms. The molecule has 0 saturated carbocycles. The molecule has 4 rings (SSSR count). The van der Waals surface area contributed by atoms with E-state index >= 15 is 0 Å². The first-order chi connectivity index (χ1) is 15.7. The van der Waals surface area contributed by atoms with Crippen molar-refractivity contribution in [3.63, 3.8) is 0 Å². The summed E-state index contributed by atoms with van der Waals surface area (Å²) in [6.45, 7) is 5.13. The molecule has 1 fully saturated rings. The van der Waals surface area contributed by atoms with Crippen LogP contribution in [-0.2, 0) is 12.8 Å². The van der Waals surface area contributed by atoms with Gasteiger partial charge in [0.2, 0.25) is 5.13 Å². The van der Waals surface area contributed by atoms with Gasteiger partial charge in [0.1, 0.15) is 11.6 Å².